The average molecular weight is 454 g/mol. The van der Waals surface area contributed by atoms with Crippen LogP contribution in [-0.4, -0.2) is 50.9 Å². The summed E-state index contributed by atoms with van der Waals surface area (Å²) in [6, 6.07) is 8.37. The molecule has 176 valence electrons. The summed E-state index contributed by atoms with van der Waals surface area (Å²) in [4.78, 5) is 14.9. The standard InChI is InChI=1S/C24H31N5O4/c1-16(2)13-19(25-24(31)21-5-4-12-33-21)23-27-26-22-8-9-28(10-11-29(22)23)15-17-14-18(32-3)6-7-20(17)30/h4-7,12,14,16,19,30H,8-11,13,15H2,1-3H3,(H,25,31)/t19-/m1/s1. The molecule has 0 unspecified atom stereocenters. The van der Waals surface area contributed by atoms with Crippen LogP contribution in [0.1, 0.15) is 54.1 Å². The second kappa shape index (κ2) is 10.1. The second-order valence-electron chi connectivity index (χ2n) is 8.78. The summed E-state index contributed by atoms with van der Waals surface area (Å²) in [5, 5.41) is 22.3. The van der Waals surface area contributed by atoms with E-state index in [0.29, 0.717) is 19.0 Å². The van der Waals surface area contributed by atoms with E-state index in [2.05, 4.69) is 38.8 Å². The lowest BCUT2D eigenvalue weighted by Gasteiger charge is -2.22. The predicted molar refractivity (Wildman–Crippen MR) is 122 cm³/mol. The van der Waals surface area contributed by atoms with Gasteiger partial charge in [0.15, 0.2) is 11.6 Å². The second-order valence-corrected chi connectivity index (χ2v) is 8.78. The van der Waals surface area contributed by atoms with Crippen molar-refractivity contribution in [2.24, 2.45) is 5.92 Å². The number of rotatable bonds is 8. The maximum atomic E-state index is 12.7. The van der Waals surface area contributed by atoms with Crippen molar-refractivity contribution in [3.63, 3.8) is 0 Å². The molecule has 0 radical (unpaired) electrons. The quantitative estimate of drug-likeness (QED) is 0.540. The zero-order chi connectivity index (χ0) is 23.4. The highest BCUT2D eigenvalue weighted by atomic mass is 16.5. The number of hydrogen-bond donors (Lipinski definition) is 2. The minimum Gasteiger partial charge on any atom is -0.508 e. The number of aromatic nitrogens is 3. The van der Waals surface area contributed by atoms with E-state index in [1.165, 1.54) is 6.26 Å². The zero-order valence-corrected chi connectivity index (χ0v) is 19.3. The van der Waals surface area contributed by atoms with E-state index in [4.69, 9.17) is 9.15 Å². The van der Waals surface area contributed by atoms with Crippen molar-refractivity contribution < 1.29 is 19.1 Å². The fourth-order valence-electron chi connectivity index (χ4n) is 4.20. The molecule has 2 aromatic heterocycles. The third-order valence-corrected chi connectivity index (χ3v) is 5.90. The molecule has 4 rings (SSSR count). The van der Waals surface area contributed by atoms with Crippen LogP contribution < -0.4 is 10.1 Å². The lowest BCUT2D eigenvalue weighted by Crippen LogP contribution is -2.32. The molecule has 1 amide bonds. The van der Waals surface area contributed by atoms with Crippen LogP contribution >= 0.6 is 0 Å². The van der Waals surface area contributed by atoms with Crippen molar-refractivity contribution in [3.05, 3.63) is 59.6 Å². The number of nitrogens with zero attached hydrogens (tertiary/aromatic N) is 4. The van der Waals surface area contributed by atoms with Gasteiger partial charge < -0.3 is 24.1 Å². The number of benzene rings is 1. The zero-order valence-electron chi connectivity index (χ0n) is 19.3. The highest BCUT2D eigenvalue weighted by Crippen LogP contribution is 2.26. The van der Waals surface area contributed by atoms with Crippen molar-refractivity contribution in [2.45, 2.75) is 45.8 Å². The van der Waals surface area contributed by atoms with Crippen molar-refractivity contribution in [3.8, 4) is 11.5 Å². The summed E-state index contributed by atoms with van der Waals surface area (Å²) in [6.45, 7) is 7.12. The van der Waals surface area contributed by atoms with E-state index in [9.17, 15) is 9.90 Å². The van der Waals surface area contributed by atoms with E-state index in [0.717, 1.165) is 48.9 Å². The number of amides is 1. The number of methoxy groups -OCH3 is 1. The fraction of sp³-hybridized carbons (Fsp3) is 0.458. The van der Waals surface area contributed by atoms with Crippen LogP contribution in [0.2, 0.25) is 0 Å². The minimum absolute atomic E-state index is 0.258. The third kappa shape index (κ3) is 5.36. The molecule has 3 heterocycles. The Morgan fingerprint density at radius 1 is 1.24 bits per heavy atom. The molecule has 0 spiro atoms. The molecular weight excluding hydrogens is 422 g/mol. The SMILES string of the molecule is COc1ccc(O)c(CN2CCc3nnc([C@@H](CC(C)C)NC(=O)c4ccco4)n3CC2)c1. The highest BCUT2D eigenvalue weighted by molar-refractivity contribution is 5.91. The number of carbonyl (C=O) groups excluding carboxylic acids is 1. The largest absolute Gasteiger partial charge is 0.508 e. The van der Waals surface area contributed by atoms with E-state index in [-0.39, 0.29) is 23.5 Å². The van der Waals surface area contributed by atoms with Crippen molar-refractivity contribution in [1.29, 1.82) is 0 Å². The summed E-state index contributed by atoms with van der Waals surface area (Å²) < 4.78 is 12.7. The molecule has 0 bridgehead atoms. The number of fused-ring (bicyclic) bond motifs is 1. The Hall–Kier alpha value is -3.33. The first-order valence-corrected chi connectivity index (χ1v) is 11.3. The van der Waals surface area contributed by atoms with Gasteiger partial charge in [0.1, 0.15) is 17.3 Å². The average Bonchev–Trinajstić information content (AvgIpc) is 3.43. The molecule has 33 heavy (non-hydrogen) atoms. The molecule has 1 aromatic carbocycles. The number of carbonyl (C=O) groups is 1. The monoisotopic (exact) mass is 453 g/mol. The van der Waals surface area contributed by atoms with Crippen LogP contribution in [0.15, 0.2) is 41.0 Å². The molecule has 9 heteroatoms. The highest BCUT2D eigenvalue weighted by Gasteiger charge is 2.27. The van der Waals surface area contributed by atoms with Crippen molar-refractivity contribution in [1.82, 2.24) is 25.0 Å². The molecule has 9 nitrogen and oxygen atoms in total. The molecule has 2 N–H and O–H groups in total. The van der Waals surface area contributed by atoms with Crippen LogP contribution in [0, 0.1) is 5.92 Å². The summed E-state index contributed by atoms with van der Waals surface area (Å²) in [7, 11) is 1.62. The van der Waals surface area contributed by atoms with Gasteiger partial charge in [0, 0.05) is 38.2 Å². The molecular formula is C24H31N5O4. The van der Waals surface area contributed by atoms with Gasteiger partial charge in [-0.25, -0.2) is 0 Å². The van der Waals surface area contributed by atoms with Crippen LogP contribution in [-0.2, 0) is 19.5 Å². The molecule has 1 atom stereocenters. The number of ether oxygens (including phenoxy) is 1. The van der Waals surface area contributed by atoms with E-state index in [1.54, 1.807) is 31.4 Å². The van der Waals surface area contributed by atoms with Gasteiger partial charge in [0.2, 0.25) is 0 Å². The molecule has 0 fully saturated rings. The Kier molecular flexibility index (Phi) is 6.98. The van der Waals surface area contributed by atoms with Gasteiger partial charge in [-0.2, -0.15) is 0 Å². The van der Waals surface area contributed by atoms with Crippen LogP contribution in [0.3, 0.4) is 0 Å². The van der Waals surface area contributed by atoms with E-state index in [1.807, 2.05) is 6.07 Å². The van der Waals surface area contributed by atoms with Crippen LogP contribution in [0.5, 0.6) is 11.5 Å². The summed E-state index contributed by atoms with van der Waals surface area (Å²) in [6.07, 6.45) is 2.97. The van der Waals surface area contributed by atoms with Crippen LogP contribution in [0.4, 0.5) is 0 Å². The first-order chi connectivity index (χ1) is 15.9. The summed E-state index contributed by atoms with van der Waals surface area (Å²) in [5.74, 6) is 3.04. The number of nitrogens with one attached hydrogen (secondary N) is 1. The third-order valence-electron chi connectivity index (χ3n) is 5.90. The lowest BCUT2D eigenvalue weighted by molar-refractivity contribution is 0.0900. The Morgan fingerprint density at radius 3 is 2.82 bits per heavy atom. The van der Waals surface area contributed by atoms with Crippen molar-refractivity contribution in [2.75, 3.05) is 20.2 Å². The van der Waals surface area contributed by atoms with E-state index < -0.39 is 0 Å². The van der Waals surface area contributed by atoms with Gasteiger partial charge in [0.25, 0.3) is 5.91 Å². The minimum atomic E-state index is -0.266. The van der Waals surface area contributed by atoms with E-state index >= 15 is 0 Å². The smallest absolute Gasteiger partial charge is 0.287 e. The van der Waals surface area contributed by atoms with Crippen LogP contribution in [0.25, 0.3) is 0 Å². The fourth-order valence-corrected chi connectivity index (χ4v) is 4.20. The maximum Gasteiger partial charge on any atom is 0.287 e. The Bertz CT molecular complexity index is 1080. The molecule has 0 aliphatic carbocycles. The molecule has 0 saturated carbocycles. The van der Waals surface area contributed by atoms with Gasteiger partial charge in [0.05, 0.1) is 19.4 Å². The Balaban J connectivity index is 1.50. The number of hydrogen-bond acceptors (Lipinski definition) is 7. The topological polar surface area (TPSA) is 106 Å². The summed E-state index contributed by atoms with van der Waals surface area (Å²) in [5.41, 5.74) is 0.829. The number of furan rings is 1. The molecule has 1 aliphatic rings. The van der Waals surface area contributed by atoms with Gasteiger partial charge in [-0.1, -0.05) is 13.8 Å². The van der Waals surface area contributed by atoms with Gasteiger partial charge in [-0.05, 0) is 42.7 Å². The molecule has 1 aliphatic heterocycles. The Morgan fingerprint density at radius 2 is 2.09 bits per heavy atom. The predicted octanol–water partition coefficient (Wildman–Crippen LogP) is 3.16. The normalized spacial score (nSPS) is 15.2. The lowest BCUT2D eigenvalue weighted by atomic mass is 10.0. The van der Waals surface area contributed by atoms with Crippen molar-refractivity contribution >= 4 is 5.91 Å². The first kappa shape index (κ1) is 22.8. The number of phenolic OH excluding ortho intramolecular Hbond substituents is 1. The molecule has 3 aromatic rings. The Labute approximate surface area is 193 Å². The first-order valence-electron chi connectivity index (χ1n) is 11.3. The molecule has 0 saturated heterocycles. The maximum absolute atomic E-state index is 12.7. The number of aromatic hydroxyl groups is 1. The van der Waals surface area contributed by atoms with Gasteiger partial charge >= 0.3 is 0 Å². The number of phenols is 1. The van der Waals surface area contributed by atoms with Gasteiger partial charge in [-0.3, -0.25) is 9.69 Å². The summed E-state index contributed by atoms with van der Waals surface area (Å²) >= 11 is 0. The van der Waals surface area contributed by atoms with Gasteiger partial charge in [-0.15, -0.1) is 10.2 Å².